The fourth-order valence-electron chi connectivity index (χ4n) is 1.24. The van der Waals surface area contributed by atoms with Crippen LogP contribution in [0.5, 0.6) is 0 Å². The molecule has 0 bridgehead atoms. The van der Waals surface area contributed by atoms with Crippen molar-refractivity contribution in [1.82, 2.24) is 0 Å². The number of hydrogen-bond acceptors (Lipinski definition) is 1. The average Bonchev–Trinajstić information content (AvgIpc) is 1.88. The molecule has 0 aliphatic heterocycles. The molecule has 0 spiro atoms. The Morgan fingerprint density at radius 2 is 2.40 bits per heavy atom. The Morgan fingerprint density at radius 1 is 1.60 bits per heavy atom. The van der Waals surface area contributed by atoms with Crippen LogP contribution < -0.4 is 0 Å². The molecular formula is C9H14O. The number of allylic oxidation sites excluding steroid dienone is 3. The first-order valence-corrected chi connectivity index (χ1v) is 3.80. The Labute approximate surface area is 62.1 Å². The van der Waals surface area contributed by atoms with Crippen molar-refractivity contribution in [2.45, 2.75) is 26.2 Å². The molecule has 1 rings (SSSR count). The molecule has 1 N–H and O–H groups in total. The SMILES string of the molecule is CC1=CC(CCO)=CCC1. The van der Waals surface area contributed by atoms with Gasteiger partial charge in [-0.1, -0.05) is 17.7 Å². The highest BCUT2D eigenvalue weighted by molar-refractivity contribution is 5.26. The van der Waals surface area contributed by atoms with E-state index in [4.69, 9.17) is 5.11 Å². The van der Waals surface area contributed by atoms with Crippen LogP contribution in [0.2, 0.25) is 0 Å². The lowest BCUT2D eigenvalue weighted by molar-refractivity contribution is 0.300. The second-order valence-corrected chi connectivity index (χ2v) is 2.78. The molecule has 1 heteroatoms. The number of rotatable bonds is 2. The van der Waals surface area contributed by atoms with Crippen molar-refractivity contribution in [1.29, 1.82) is 0 Å². The largest absolute Gasteiger partial charge is 0.396 e. The summed E-state index contributed by atoms with van der Waals surface area (Å²) in [6, 6.07) is 0. The highest BCUT2D eigenvalue weighted by Crippen LogP contribution is 2.18. The summed E-state index contributed by atoms with van der Waals surface area (Å²) in [7, 11) is 0. The van der Waals surface area contributed by atoms with Crippen LogP contribution in [0.4, 0.5) is 0 Å². The van der Waals surface area contributed by atoms with Crippen LogP contribution in [0.25, 0.3) is 0 Å². The van der Waals surface area contributed by atoms with Gasteiger partial charge in [-0.05, 0) is 31.8 Å². The summed E-state index contributed by atoms with van der Waals surface area (Å²) in [4.78, 5) is 0. The summed E-state index contributed by atoms with van der Waals surface area (Å²) in [5.74, 6) is 0. The molecule has 1 nitrogen and oxygen atoms in total. The van der Waals surface area contributed by atoms with E-state index in [9.17, 15) is 0 Å². The monoisotopic (exact) mass is 138 g/mol. The normalized spacial score (nSPS) is 18.2. The van der Waals surface area contributed by atoms with Crippen molar-refractivity contribution in [3.8, 4) is 0 Å². The average molecular weight is 138 g/mol. The predicted molar refractivity (Wildman–Crippen MR) is 42.8 cm³/mol. The Hall–Kier alpha value is -0.560. The van der Waals surface area contributed by atoms with Gasteiger partial charge in [0.25, 0.3) is 0 Å². The molecule has 1 aliphatic rings. The molecule has 10 heavy (non-hydrogen) atoms. The predicted octanol–water partition coefficient (Wildman–Crippen LogP) is 2.04. The van der Waals surface area contributed by atoms with E-state index < -0.39 is 0 Å². The third-order valence-electron chi connectivity index (χ3n) is 1.78. The number of hydrogen-bond donors (Lipinski definition) is 1. The van der Waals surface area contributed by atoms with Crippen molar-refractivity contribution in [2.75, 3.05) is 6.61 Å². The summed E-state index contributed by atoms with van der Waals surface area (Å²) in [6.07, 6.45) is 7.55. The van der Waals surface area contributed by atoms with Crippen LogP contribution in [0, 0.1) is 0 Å². The van der Waals surface area contributed by atoms with Crippen LogP contribution >= 0.6 is 0 Å². The second-order valence-electron chi connectivity index (χ2n) is 2.78. The number of aliphatic hydroxyl groups is 1. The topological polar surface area (TPSA) is 20.2 Å². The van der Waals surface area contributed by atoms with Gasteiger partial charge in [-0.25, -0.2) is 0 Å². The molecular weight excluding hydrogens is 124 g/mol. The summed E-state index contributed by atoms with van der Waals surface area (Å²) < 4.78 is 0. The summed E-state index contributed by atoms with van der Waals surface area (Å²) in [5.41, 5.74) is 2.73. The maximum Gasteiger partial charge on any atom is 0.0471 e. The quantitative estimate of drug-likeness (QED) is 0.619. The maximum absolute atomic E-state index is 8.63. The minimum atomic E-state index is 0.273. The van der Waals surface area contributed by atoms with Crippen LogP contribution in [0.15, 0.2) is 23.3 Å². The zero-order chi connectivity index (χ0) is 7.40. The van der Waals surface area contributed by atoms with Gasteiger partial charge in [-0.15, -0.1) is 0 Å². The minimum absolute atomic E-state index is 0.273. The van der Waals surface area contributed by atoms with Gasteiger partial charge in [-0.3, -0.25) is 0 Å². The fraction of sp³-hybridized carbons (Fsp3) is 0.556. The van der Waals surface area contributed by atoms with Gasteiger partial charge < -0.3 is 5.11 Å². The lowest BCUT2D eigenvalue weighted by Crippen LogP contribution is -1.92. The molecule has 0 heterocycles. The lowest BCUT2D eigenvalue weighted by atomic mass is 9.99. The maximum atomic E-state index is 8.63. The van der Waals surface area contributed by atoms with E-state index in [1.54, 1.807) is 0 Å². The molecule has 1 aliphatic carbocycles. The molecule has 0 aromatic carbocycles. The van der Waals surface area contributed by atoms with E-state index in [0.717, 1.165) is 12.8 Å². The van der Waals surface area contributed by atoms with Gasteiger partial charge >= 0.3 is 0 Å². The molecule has 0 saturated heterocycles. The molecule has 0 unspecified atom stereocenters. The Morgan fingerprint density at radius 3 is 3.00 bits per heavy atom. The molecule has 56 valence electrons. The first-order chi connectivity index (χ1) is 4.83. The zero-order valence-electron chi connectivity index (χ0n) is 6.43. The van der Waals surface area contributed by atoms with Gasteiger partial charge in [-0.2, -0.15) is 0 Å². The van der Waals surface area contributed by atoms with Gasteiger partial charge in [0.1, 0.15) is 0 Å². The molecule has 0 aromatic heterocycles. The highest BCUT2D eigenvalue weighted by Gasteiger charge is 1.99. The molecule has 0 atom stereocenters. The highest BCUT2D eigenvalue weighted by atomic mass is 16.2. The van der Waals surface area contributed by atoms with E-state index in [-0.39, 0.29) is 6.61 Å². The Bertz CT molecular complexity index is 166. The van der Waals surface area contributed by atoms with E-state index >= 15 is 0 Å². The summed E-state index contributed by atoms with van der Waals surface area (Å²) >= 11 is 0. The Balaban J connectivity index is 2.51. The lowest BCUT2D eigenvalue weighted by Gasteiger charge is -2.08. The zero-order valence-corrected chi connectivity index (χ0v) is 6.43. The molecule has 0 aromatic rings. The third kappa shape index (κ3) is 1.99. The van der Waals surface area contributed by atoms with Crippen molar-refractivity contribution < 1.29 is 5.11 Å². The van der Waals surface area contributed by atoms with Crippen LogP contribution in [0.1, 0.15) is 26.2 Å². The van der Waals surface area contributed by atoms with Crippen LogP contribution in [0.3, 0.4) is 0 Å². The fourth-order valence-corrected chi connectivity index (χ4v) is 1.24. The van der Waals surface area contributed by atoms with Gasteiger partial charge in [0.2, 0.25) is 0 Å². The van der Waals surface area contributed by atoms with Crippen molar-refractivity contribution in [3.05, 3.63) is 23.3 Å². The van der Waals surface area contributed by atoms with E-state index in [1.807, 2.05) is 0 Å². The standard InChI is InChI=1S/C9H14O/c1-8-3-2-4-9(7-8)5-6-10/h4,7,10H,2-3,5-6H2,1H3. The first-order valence-electron chi connectivity index (χ1n) is 3.80. The Kier molecular flexibility index (Phi) is 2.69. The van der Waals surface area contributed by atoms with Crippen molar-refractivity contribution >= 4 is 0 Å². The summed E-state index contributed by atoms with van der Waals surface area (Å²) in [5, 5.41) is 8.63. The third-order valence-corrected chi connectivity index (χ3v) is 1.78. The van der Waals surface area contributed by atoms with Gasteiger partial charge in [0, 0.05) is 6.61 Å². The van der Waals surface area contributed by atoms with Crippen LogP contribution in [-0.4, -0.2) is 11.7 Å². The van der Waals surface area contributed by atoms with E-state index in [1.165, 1.54) is 17.6 Å². The molecule has 0 saturated carbocycles. The summed E-state index contributed by atoms with van der Waals surface area (Å²) in [6.45, 7) is 2.42. The molecule has 0 fully saturated rings. The smallest absolute Gasteiger partial charge is 0.0471 e. The molecule has 0 amide bonds. The minimum Gasteiger partial charge on any atom is -0.396 e. The van der Waals surface area contributed by atoms with E-state index in [2.05, 4.69) is 19.1 Å². The van der Waals surface area contributed by atoms with Crippen molar-refractivity contribution in [2.24, 2.45) is 0 Å². The molecule has 0 radical (unpaired) electrons. The van der Waals surface area contributed by atoms with Crippen molar-refractivity contribution in [3.63, 3.8) is 0 Å². The van der Waals surface area contributed by atoms with E-state index in [0.29, 0.717) is 0 Å². The number of aliphatic hydroxyl groups excluding tert-OH is 1. The first kappa shape index (κ1) is 7.55. The van der Waals surface area contributed by atoms with Gasteiger partial charge in [0.15, 0.2) is 0 Å². The second kappa shape index (κ2) is 3.57. The van der Waals surface area contributed by atoms with Gasteiger partial charge in [0.05, 0.1) is 0 Å². The van der Waals surface area contributed by atoms with Crippen LogP contribution in [-0.2, 0) is 0 Å².